The summed E-state index contributed by atoms with van der Waals surface area (Å²) in [5.74, 6) is 1.61. The smallest absolute Gasteiger partial charge is 0.337 e. The predicted octanol–water partition coefficient (Wildman–Crippen LogP) is 7.86. The molecule has 0 saturated heterocycles. The lowest BCUT2D eigenvalue weighted by molar-refractivity contribution is 0.0697. The van der Waals surface area contributed by atoms with E-state index in [1.807, 2.05) is 36.4 Å². The van der Waals surface area contributed by atoms with Crippen molar-refractivity contribution in [1.82, 2.24) is 0 Å². The highest BCUT2D eigenvalue weighted by atomic mass is 35.5. The number of carboxylic acids is 1. The molecule has 0 atom stereocenters. The SMILES string of the molecule is COc1ccc(-c2oc(/N=C/c3ccc(-c4ccc(Cl)c(C(=O)O)c4)o3)c(C#N)c2-c2ccc(OC)cc2)cc1. The molecule has 1 N–H and O–H groups in total. The standard InChI is InChI=1S/C31H21ClN2O6/c1-37-21-8-3-18(4-9-21)28-25(16-33)30(40-29(28)19-5-10-22(38-2)11-6-19)34-17-23-12-14-27(39-23)20-7-13-26(32)24(15-20)31(35)36/h3-15,17H,1-2H3,(H,35,36)/b34-17+. The summed E-state index contributed by atoms with van der Waals surface area (Å²) in [5.41, 5.74) is 2.85. The normalized spacial score (nSPS) is 10.9. The zero-order valence-electron chi connectivity index (χ0n) is 21.3. The minimum atomic E-state index is -1.14. The van der Waals surface area contributed by atoms with Crippen molar-refractivity contribution in [2.24, 2.45) is 4.99 Å². The van der Waals surface area contributed by atoms with E-state index in [1.165, 1.54) is 18.3 Å². The first-order valence-corrected chi connectivity index (χ1v) is 12.3. The number of nitriles is 1. The number of hydrogen-bond acceptors (Lipinski definition) is 7. The van der Waals surface area contributed by atoms with Crippen LogP contribution in [0.2, 0.25) is 5.02 Å². The van der Waals surface area contributed by atoms with Crippen LogP contribution >= 0.6 is 11.6 Å². The van der Waals surface area contributed by atoms with Crippen molar-refractivity contribution in [1.29, 1.82) is 5.26 Å². The zero-order chi connectivity index (χ0) is 28.2. The van der Waals surface area contributed by atoms with Gasteiger partial charge in [-0.05, 0) is 72.3 Å². The Morgan fingerprint density at radius 2 is 1.52 bits per heavy atom. The monoisotopic (exact) mass is 552 g/mol. The highest BCUT2D eigenvalue weighted by Gasteiger charge is 2.23. The Hall–Kier alpha value is -5.26. The lowest BCUT2D eigenvalue weighted by Crippen LogP contribution is -1.97. The third kappa shape index (κ3) is 5.19. The number of halogens is 1. The first kappa shape index (κ1) is 26.4. The molecule has 0 saturated carbocycles. The summed E-state index contributed by atoms with van der Waals surface area (Å²) in [5, 5.41) is 19.6. The summed E-state index contributed by atoms with van der Waals surface area (Å²) in [6.45, 7) is 0. The molecule has 5 rings (SSSR count). The quantitative estimate of drug-likeness (QED) is 0.194. The van der Waals surface area contributed by atoms with E-state index in [2.05, 4.69) is 11.1 Å². The number of carbonyl (C=O) groups is 1. The van der Waals surface area contributed by atoms with Gasteiger partial charge in [-0.15, -0.1) is 0 Å². The fraction of sp³-hybridized carbons (Fsp3) is 0.0645. The number of aromatic carboxylic acids is 1. The summed E-state index contributed by atoms with van der Waals surface area (Å²) in [7, 11) is 3.17. The second kappa shape index (κ2) is 11.2. The van der Waals surface area contributed by atoms with Crippen LogP contribution in [0.5, 0.6) is 11.5 Å². The predicted molar refractivity (Wildman–Crippen MR) is 151 cm³/mol. The van der Waals surface area contributed by atoms with Gasteiger partial charge in [0.2, 0.25) is 5.88 Å². The van der Waals surface area contributed by atoms with Gasteiger partial charge >= 0.3 is 5.97 Å². The van der Waals surface area contributed by atoms with Crippen LogP contribution in [-0.2, 0) is 0 Å². The van der Waals surface area contributed by atoms with Gasteiger partial charge in [-0.25, -0.2) is 9.79 Å². The number of ether oxygens (including phenoxy) is 2. The number of carboxylic acid groups (broad SMARTS) is 1. The molecule has 0 aliphatic rings. The van der Waals surface area contributed by atoms with Crippen molar-refractivity contribution in [2.75, 3.05) is 14.2 Å². The molecule has 8 nitrogen and oxygen atoms in total. The van der Waals surface area contributed by atoms with Crippen LogP contribution < -0.4 is 9.47 Å². The Balaban J connectivity index is 1.55. The van der Waals surface area contributed by atoms with E-state index in [1.54, 1.807) is 44.6 Å². The number of furan rings is 2. The zero-order valence-corrected chi connectivity index (χ0v) is 22.1. The van der Waals surface area contributed by atoms with E-state index in [4.69, 9.17) is 29.9 Å². The molecule has 0 amide bonds. The Morgan fingerprint density at radius 3 is 2.12 bits per heavy atom. The number of methoxy groups -OCH3 is 2. The van der Waals surface area contributed by atoms with Gasteiger partial charge in [0, 0.05) is 16.7 Å². The Labute approximate surface area is 234 Å². The molecule has 0 unspecified atom stereocenters. The second-order valence-corrected chi connectivity index (χ2v) is 8.92. The van der Waals surface area contributed by atoms with E-state index in [0.717, 1.165) is 11.1 Å². The van der Waals surface area contributed by atoms with Crippen molar-refractivity contribution in [2.45, 2.75) is 0 Å². The first-order valence-electron chi connectivity index (χ1n) is 11.9. The van der Waals surface area contributed by atoms with E-state index < -0.39 is 5.97 Å². The molecule has 9 heteroatoms. The average molecular weight is 553 g/mol. The Morgan fingerprint density at radius 1 is 0.900 bits per heavy atom. The lowest BCUT2D eigenvalue weighted by atomic mass is 9.98. The summed E-state index contributed by atoms with van der Waals surface area (Å²) in [4.78, 5) is 15.9. The molecular formula is C31H21ClN2O6. The maximum Gasteiger partial charge on any atom is 0.337 e. The molecular weight excluding hydrogens is 532 g/mol. The third-order valence-electron chi connectivity index (χ3n) is 6.15. The average Bonchev–Trinajstić information content (AvgIpc) is 3.61. The van der Waals surface area contributed by atoms with Gasteiger partial charge in [0.15, 0.2) is 0 Å². The van der Waals surface area contributed by atoms with Crippen molar-refractivity contribution in [3.63, 3.8) is 0 Å². The summed E-state index contributed by atoms with van der Waals surface area (Å²) >= 11 is 5.98. The number of rotatable bonds is 8. The fourth-order valence-electron chi connectivity index (χ4n) is 4.13. The van der Waals surface area contributed by atoms with Crippen LogP contribution in [0.3, 0.4) is 0 Å². The minimum absolute atomic E-state index is 0.0304. The highest BCUT2D eigenvalue weighted by molar-refractivity contribution is 6.33. The molecule has 3 aromatic carbocycles. The maximum atomic E-state index is 11.4. The van der Waals surface area contributed by atoms with Gasteiger partial charge in [0.05, 0.1) is 31.0 Å². The first-order chi connectivity index (χ1) is 19.4. The van der Waals surface area contributed by atoms with Crippen molar-refractivity contribution >= 4 is 29.7 Å². The molecule has 5 aromatic rings. The fourth-order valence-corrected chi connectivity index (χ4v) is 4.33. The second-order valence-electron chi connectivity index (χ2n) is 8.52. The van der Waals surface area contributed by atoms with Crippen LogP contribution in [-0.4, -0.2) is 31.5 Å². The van der Waals surface area contributed by atoms with Crippen LogP contribution in [0.25, 0.3) is 33.8 Å². The topological polar surface area (TPSA) is 118 Å². The van der Waals surface area contributed by atoms with E-state index in [0.29, 0.717) is 39.9 Å². The number of hydrogen-bond donors (Lipinski definition) is 1. The van der Waals surface area contributed by atoms with Gasteiger partial charge in [0.1, 0.15) is 40.4 Å². The lowest BCUT2D eigenvalue weighted by Gasteiger charge is -2.06. The number of nitrogens with zero attached hydrogens (tertiary/aromatic N) is 2. The summed E-state index contributed by atoms with van der Waals surface area (Å²) in [6, 6.07) is 24.8. The van der Waals surface area contributed by atoms with Crippen LogP contribution in [0.4, 0.5) is 5.88 Å². The van der Waals surface area contributed by atoms with Crippen LogP contribution in [0.15, 0.2) is 92.7 Å². The van der Waals surface area contributed by atoms with Gasteiger partial charge in [-0.2, -0.15) is 5.26 Å². The molecule has 40 heavy (non-hydrogen) atoms. The summed E-state index contributed by atoms with van der Waals surface area (Å²) < 4.78 is 22.6. The van der Waals surface area contributed by atoms with Gasteiger partial charge < -0.3 is 23.4 Å². The van der Waals surface area contributed by atoms with Crippen LogP contribution in [0.1, 0.15) is 21.7 Å². The van der Waals surface area contributed by atoms with Gasteiger partial charge in [0.25, 0.3) is 0 Å². The Bertz CT molecular complexity index is 1760. The van der Waals surface area contributed by atoms with E-state index in [-0.39, 0.29) is 22.0 Å². The summed E-state index contributed by atoms with van der Waals surface area (Å²) in [6.07, 6.45) is 1.44. The van der Waals surface area contributed by atoms with Crippen molar-refractivity contribution in [3.05, 3.63) is 101 Å². The largest absolute Gasteiger partial charge is 0.497 e. The number of aliphatic imine (C=N–C) groups is 1. The van der Waals surface area contributed by atoms with Gasteiger partial charge in [-0.1, -0.05) is 23.7 Å². The minimum Gasteiger partial charge on any atom is -0.497 e. The molecule has 0 aliphatic heterocycles. The third-order valence-corrected chi connectivity index (χ3v) is 6.48. The molecule has 2 aromatic heterocycles. The highest BCUT2D eigenvalue weighted by Crippen LogP contribution is 2.43. The molecule has 0 aliphatic carbocycles. The molecule has 198 valence electrons. The van der Waals surface area contributed by atoms with Crippen molar-refractivity contribution < 1.29 is 28.2 Å². The molecule has 0 radical (unpaired) electrons. The number of benzene rings is 3. The molecule has 0 bridgehead atoms. The van der Waals surface area contributed by atoms with Crippen LogP contribution in [0, 0.1) is 11.3 Å². The van der Waals surface area contributed by atoms with Gasteiger partial charge in [-0.3, -0.25) is 0 Å². The van der Waals surface area contributed by atoms with E-state index >= 15 is 0 Å². The Kier molecular flexibility index (Phi) is 7.40. The molecule has 2 heterocycles. The molecule has 0 spiro atoms. The van der Waals surface area contributed by atoms with Crippen molar-refractivity contribution in [3.8, 4) is 51.3 Å². The van der Waals surface area contributed by atoms with E-state index in [9.17, 15) is 15.2 Å². The molecule has 0 fully saturated rings. The maximum absolute atomic E-state index is 11.4.